The third-order valence-electron chi connectivity index (χ3n) is 2.68. The third kappa shape index (κ3) is 2.59. The van der Waals surface area contributed by atoms with Crippen LogP contribution in [0.15, 0.2) is 29.1 Å². The quantitative estimate of drug-likeness (QED) is 0.826. The zero-order valence-corrected chi connectivity index (χ0v) is 12.4. The molecule has 0 aromatic carbocycles. The van der Waals surface area contributed by atoms with Crippen LogP contribution in [-0.2, 0) is 11.3 Å². The molecule has 6 nitrogen and oxygen atoms in total. The molecule has 0 atom stereocenters. The van der Waals surface area contributed by atoms with Crippen LogP contribution in [0.4, 0.5) is 5.82 Å². The zero-order valence-electron chi connectivity index (χ0n) is 10.1. The molecule has 0 fully saturated rings. The zero-order chi connectivity index (χ0) is 14.1. The average molecular weight is 356 g/mol. The Labute approximate surface area is 127 Å². The van der Waals surface area contributed by atoms with Crippen LogP contribution in [0.25, 0.3) is 0 Å². The van der Waals surface area contributed by atoms with Crippen LogP contribution in [0.2, 0.25) is 5.02 Å². The van der Waals surface area contributed by atoms with Gasteiger partial charge in [0.05, 0.1) is 11.6 Å². The molecule has 0 aliphatic carbocycles. The highest BCUT2D eigenvalue weighted by Crippen LogP contribution is 2.32. The molecule has 2 aromatic heterocycles. The second-order valence-corrected chi connectivity index (χ2v) is 5.41. The average Bonchev–Trinajstić information content (AvgIpc) is 2.44. The summed E-state index contributed by atoms with van der Waals surface area (Å²) in [7, 11) is 0. The summed E-state index contributed by atoms with van der Waals surface area (Å²) < 4.78 is 6.14. The third-order valence-corrected chi connectivity index (χ3v) is 3.31. The molecule has 0 spiro atoms. The number of rotatable bonds is 2. The Kier molecular flexibility index (Phi) is 3.54. The summed E-state index contributed by atoms with van der Waals surface area (Å²) >= 11 is 9.05. The van der Waals surface area contributed by atoms with Gasteiger partial charge < -0.3 is 4.74 Å². The first-order valence-corrected chi connectivity index (χ1v) is 6.86. The molecule has 1 aliphatic rings. The van der Waals surface area contributed by atoms with E-state index in [1.807, 2.05) is 0 Å². The van der Waals surface area contributed by atoms with Gasteiger partial charge in [0.25, 0.3) is 5.91 Å². The Bertz CT molecular complexity index is 665. The summed E-state index contributed by atoms with van der Waals surface area (Å²) in [6.07, 6.45) is 4.59. The minimum atomic E-state index is -0.189. The molecule has 20 heavy (non-hydrogen) atoms. The van der Waals surface area contributed by atoms with Gasteiger partial charge in [-0.1, -0.05) is 11.6 Å². The fourth-order valence-electron chi connectivity index (χ4n) is 1.78. The summed E-state index contributed by atoms with van der Waals surface area (Å²) in [5.41, 5.74) is 0. The van der Waals surface area contributed by atoms with Crippen molar-refractivity contribution in [1.29, 1.82) is 0 Å². The maximum atomic E-state index is 12.0. The van der Waals surface area contributed by atoms with Crippen LogP contribution in [0.1, 0.15) is 5.82 Å². The lowest BCUT2D eigenvalue weighted by Crippen LogP contribution is -2.39. The lowest BCUT2D eigenvalue weighted by atomic mass is 10.3. The van der Waals surface area contributed by atoms with E-state index in [0.29, 0.717) is 22.4 Å². The van der Waals surface area contributed by atoms with E-state index in [9.17, 15) is 4.79 Å². The van der Waals surface area contributed by atoms with Crippen LogP contribution in [-0.4, -0.2) is 27.5 Å². The highest BCUT2D eigenvalue weighted by Gasteiger charge is 2.27. The van der Waals surface area contributed by atoms with Gasteiger partial charge >= 0.3 is 0 Å². The van der Waals surface area contributed by atoms with E-state index >= 15 is 0 Å². The highest BCUT2D eigenvalue weighted by molar-refractivity contribution is 9.10. The summed E-state index contributed by atoms with van der Waals surface area (Å²) in [4.78, 5) is 25.9. The number of fused-ring (bicyclic) bond motifs is 1. The SMILES string of the molecule is O=C1COc2cc(Br)cnc2N1Cc1ncc(Cl)cn1. The number of carbonyl (C=O) groups is 1. The fourth-order valence-corrected chi connectivity index (χ4v) is 2.19. The topological polar surface area (TPSA) is 68.2 Å². The van der Waals surface area contributed by atoms with Gasteiger partial charge in [-0.25, -0.2) is 15.0 Å². The van der Waals surface area contributed by atoms with Gasteiger partial charge in [0.15, 0.2) is 18.2 Å². The lowest BCUT2D eigenvalue weighted by molar-refractivity contribution is -0.121. The van der Waals surface area contributed by atoms with Gasteiger partial charge in [0.2, 0.25) is 0 Å². The minimum Gasteiger partial charge on any atom is -0.480 e. The maximum Gasteiger partial charge on any atom is 0.266 e. The molecule has 102 valence electrons. The normalized spacial score (nSPS) is 13.9. The number of hydrogen-bond donors (Lipinski definition) is 0. The molecule has 0 N–H and O–H groups in total. The summed E-state index contributed by atoms with van der Waals surface area (Å²) in [6, 6.07) is 1.77. The number of halogens is 2. The fraction of sp³-hybridized carbons (Fsp3) is 0.167. The Morgan fingerprint density at radius 1 is 1.30 bits per heavy atom. The molecule has 2 aromatic rings. The van der Waals surface area contributed by atoms with E-state index < -0.39 is 0 Å². The van der Waals surface area contributed by atoms with E-state index in [-0.39, 0.29) is 19.1 Å². The van der Waals surface area contributed by atoms with Gasteiger partial charge in [0, 0.05) is 23.1 Å². The molecule has 8 heteroatoms. The number of pyridine rings is 1. The van der Waals surface area contributed by atoms with Crippen LogP contribution >= 0.6 is 27.5 Å². The van der Waals surface area contributed by atoms with Crippen molar-refractivity contribution < 1.29 is 9.53 Å². The summed E-state index contributed by atoms with van der Waals surface area (Å²) in [6.45, 7) is 0.194. The maximum absolute atomic E-state index is 12.0. The lowest BCUT2D eigenvalue weighted by Gasteiger charge is -2.27. The van der Waals surface area contributed by atoms with E-state index in [1.165, 1.54) is 17.3 Å². The number of ether oxygens (including phenoxy) is 1. The van der Waals surface area contributed by atoms with Gasteiger partial charge in [0.1, 0.15) is 5.82 Å². The molecular weight excluding hydrogens is 348 g/mol. The first-order chi connectivity index (χ1) is 9.63. The van der Waals surface area contributed by atoms with Gasteiger partial charge in [-0.3, -0.25) is 9.69 Å². The van der Waals surface area contributed by atoms with Crippen molar-refractivity contribution in [3.05, 3.63) is 40.0 Å². The van der Waals surface area contributed by atoms with Crippen LogP contribution < -0.4 is 9.64 Å². The molecule has 0 radical (unpaired) electrons. The molecule has 3 heterocycles. The monoisotopic (exact) mass is 354 g/mol. The smallest absolute Gasteiger partial charge is 0.266 e. The van der Waals surface area contributed by atoms with Crippen molar-refractivity contribution in [1.82, 2.24) is 15.0 Å². The standard InChI is InChI=1S/C12H8BrClN4O2/c13-7-1-9-12(17-2-7)18(11(19)6-20-9)5-10-15-3-8(14)4-16-10/h1-4H,5-6H2. The van der Waals surface area contributed by atoms with Crippen molar-refractivity contribution in [3.63, 3.8) is 0 Å². The van der Waals surface area contributed by atoms with Gasteiger partial charge in [-0.2, -0.15) is 0 Å². The van der Waals surface area contributed by atoms with Gasteiger partial charge in [-0.15, -0.1) is 0 Å². The Morgan fingerprint density at radius 2 is 2.05 bits per heavy atom. The molecule has 3 rings (SSSR count). The number of aromatic nitrogens is 3. The molecular formula is C12H8BrClN4O2. The number of amides is 1. The van der Waals surface area contributed by atoms with Crippen LogP contribution in [0, 0.1) is 0 Å². The Hall–Kier alpha value is -1.73. The molecule has 0 saturated heterocycles. The summed E-state index contributed by atoms with van der Waals surface area (Å²) in [5, 5.41) is 0.449. The largest absolute Gasteiger partial charge is 0.480 e. The van der Waals surface area contributed by atoms with Crippen LogP contribution in [0.5, 0.6) is 5.75 Å². The summed E-state index contributed by atoms with van der Waals surface area (Å²) in [5.74, 6) is 1.31. The van der Waals surface area contributed by atoms with Crippen molar-refractivity contribution in [2.75, 3.05) is 11.5 Å². The number of hydrogen-bond acceptors (Lipinski definition) is 5. The van der Waals surface area contributed by atoms with Crippen molar-refractivity contribution in [3.8, 4) is 5.75 Å². The molecule has 0 unspecified atom stereocenters. The minimum absolute atomic E-state index is 0.0290. The number of carbonyl (C=O) groups excluding carboxylic acids is 1. The van der Waals surface area contributed by atoms with Crippen molar-refractivity contribution in [2.45, 2.75) is 6.54 Å². The highest BCUT2D eigenvalue weighted by atomic mass is 79.9. The first-order valence-electron chi connectivity index (χ1n) is 5.68. The molecule has 0 bridgehead atoms. The van der Waals surface area contributed by atoms with Gasteiger partial charge in [-0.05, 0) is 22.0 Å². The molecule has 1 aliphatic heterocycles. The molecule has 1 amide bonds. The predicted octanol–water partition coefficient (Wildman–Crippen LogP) is 2.21. The van der Waals surface area contributed by atoms with Crippen molar-refractivity contribution in [2.24, 2.45) is 0 Å². The van der Waals surface area contributed by atoms with E-state index in [4.69, 9.17) is 16.3 Å². The Balaban J connectivity index is 1.93. The number of anilines is 1. The van der Waals surface area contributed by atoms with E-state index in [1.54, 1.807) is 12.3 Å². The first kappa shape index (κ1) is 13.3. The Morgan fingerprint density at radius 3 is 2.80 bits per heavy atom. The molecule has 0 saturated carbocycles. The second kappa shape index (κ2) is 5.34. The van der Waals surface area contributed by atoms with E-state index in [2.05, 4.69) is 30.9 Å². The van der Waals surface area contributed by atoms with Crippen molar-refractivity contribution >= 4 is 39.3 Å². The number of nitrogens with zero attached hydrogens (tertiary/aromatic N) is 4. The second-order valence-electron chi connectivity index (χ2n) is 4.06. The van der Waals surface area contributed by atoms with E-state index in [0.717, 1.165) is 4.47 Å². The van der Waals surface area contributed by atoms with Crippen LogP contribution in [0.3, 0.4) is 0 Å². The predicted molar refractivity (Wildman–Crippen MR) is 75.7 cm³/mol.